The van der Waals surface area contributed by atoms with Crippen molar-refractivity contribution < 1.29 is 0 Å². The lowest BCUT2D eigenvalue weighted by molar-refractivity contribution is 0.668. The molecule has 98 valence electrons. The second kappa shape index (κ2) is 6.05. The van der Waals surface area contributed by atoms with Crippen molar-refractivity contribution in [3.63, 3.8) is 0 Å². The maximum absolute atomic E-state index is 4.55. The van der Waals surface area contributed by atoms with Crippen molar-refractivity contribution in [1.29, 1.82) is 0 Å². The van der Waals surface area contributed by atoms with Gasteiger partial charge in [-0.25, -0.2) is 4.98 Å². The van der Waals surface area contributed by atoms with Crippen LogP contribution in [0.2, 0.25) is 0 Å². The zero-order valence-electron chi connectivity index (χ0n) is 11.3. The topological polar surface area (TPSA) is 29.9 Å². The Morgan fingerprint density at radius 2 is 2.33 bits per heavy atom. The average Bonchev–Trinajstić information content (AvgIpc) is 2.90. The zero-order valence-corrected chi connectivity index (χ0v) is 12.1. The molecule has 3 nitrogen and oxygen atoms in total. The van der Waals surface area contributed by atoms with Crippen LogP contribution in [-0.4, -0.2) is 15.6 Å². The van der Waals surface area contributed by atoms with Gasteiger partial charge in [-0.2, -0.15) is 11.3 Å². The summed E-state index contributed by atoms with van der Waals surface area (Å²) in [6, 6.07) is 2.59. The van der Waals surface area contributed by atoms with Gasteiger partial charge >= 0.3 is 0 Å². The van der Waals surface area contributed by atoms with Crippen LogP contribution in [0, 0.1) is 6.92 Å². The van der Waals surface area contributed by atoms with E-state index in [-0.39, 0.29) is 0 Å². The predicted molar refractivity (Wildman–Crippen MR) is 78.4 cm³/mol. The highest BCUT2D eigenvalue weighted by Crippen LogP contribution is 2.14. The first kappa shape index (κ1) is 13.1. The first-order valence-corrected chi connectivity index (χ1v) is 7.44. The molecule has 0 aliphatic rings. The summed E-state index contributed by atoms with van der Waals surface area (Å²) in [4.78, 5) is 4.55. The van der Waals surface area contributed by atoms with Crippen molar-refractivity contribution in [2.75, 3.05) is 5.32 Å². The maximum atomic E-state index is 4.55. The summed E-state index contributed by atoms with van der Waals surface area (Å²) in [5, 5.41) is 7.85. The van der Waals surface area contributed by atoms with E-state index in [2.05, 4.69) is 51.7 Å². The van der Waals surface area contributed by atoms with Gasteiger partial charge in [0, 0.05) is 18.8 Å². The highest BCUT2D eigenvalue weighted by atomic mass is 32.1. The van der Waals surface area contributed by atoms with Crippen molar-refractivity contribution in [2.24, 2.45) is 0 Å². The van der Waals surface area contributed by atoms with Gasteiger partial charge in [0.05, 0.1) is 5.69 Å². The standard InChI is InChI=1S/C14H21N3S/c1-4-6-17-9-12(3)16-14(17)15-11(2)8-13-5-7-18-10-13/h5,7,9-11H,4,6,8H2,1-3H3,(H,15,16). The van der Waals surface area contributed by atoms with Crippen LogP contribution in [0.4, 0.5) is 5.95 Å². The Labute approximate surface area is 113 Å². The lowest BCUT2D eigenvalue weighted by Gasteiger charge is -2.15. The third-order valence-corrected chi connectivity index (χ3v) is 3.59. The average molecular weight is 263 g/mol. The Morgan fingerprint density at radius 1 is 1.50 bits per heavy atom. The number of nitrogens with one attached hydrogen (secondary N) is 1. The molecular formula is C14H21N3S. The largest absolute Gasteiger partial charge is 0.353 e. The predicted octanol–water partition coefficient (Wildman–Crippen LogP) is 3.71. The molecule has 2 rings (SSSR count). The smallest absolute Gasteiger partial charge is 0.203 e. The molecule has 1 unspecified atom stereocenters. The number of anilines is 1. The molecule has 0 radical (unpaired) electrons. The summed E-state index contributed by atoms with van der Waals surface area (Å²) >= 11 is 1.75. The molecule has 2 heterocycles. The van der Waals surface area contributed by atoms with Gasteiger partial charge < -0.3 is 9.88 Å². The highest BCUT2D eigenvalue weighted by molar-refractivity contribution is 7.07. The highest BCUT2D eigenvalue weighted by Gasteiger charge is 2.09. The fraction of sp³-hybridized carbons (Fsp3) is 0.500. The summed E-state index contributed by atoms with van der Waals surface area (Å²) < 4.78 is 2.21. The molecular weight excluding hydrogens is 242 g/mol. The number of nitrogens with zero attached hydrogens (tertiary/aromatic N) is 2. The Morgan fingerprint density at radius 3 is 3.00 bits per heavy atom. The number of thiophene rings is 1. The van der Waals surface area contributed by atoms with Crippen LogP contribution in [0.3, 0.4) is 0 Å². The van der Waals surface area contributed by atoms with E-state index in [1.165, 1.54) is 5.56 Å². The molecule has 0 aliphatic heterocycles. The van der Waals surface area contributed by atoms with Crippen LogP contribution in [0.25, 0.3) is 0 Å². The molecule has 2 aromatic rings. The minimum atomic E-state index is 0.400. The van der Waals surface area contributed by atoms with E-state index in [0.29, 0.717) is 6.04 Å². The lowest BCUT2D eigenvalue weighted by atomic mass is 10.1. The van der Waals surface area contributed by atoms with Gasteiger partial charge in [-0.15, -0.1) is 0 Å². The molecule has 4 heteroatoms. The quantitative estimate of drug-likeness (QED) is 0.861. The summed E-state index contributed by atoms with van der Waals surface area (Å²) in [5.41, 5.74) is 2.47. The Balaban J connectivity index is 1.99. The summed E-state index contributed by atoms with van der Waals surface area (Å²) in [6.07, 6.45) is 4.29. The zero-order chi connectivity index (χ0) is 13.0. The third kappa shape index (κ3) is 3.35. The third-order valence-electron chi connectivity index (χ3n) is 2.86. The molecule has 0 bridgehead atoms. The summed E-state index contributed by atoms with van der Waals surface area (Å²) in [6.45, 7) is 7.46. The van der Waals surface area contributed by atoms with Crippen LogP contribution >= 0.6 is 11.3 Å². The second-order valence-corrected chi connectivity index (χ2v) is 5.56. The van der Waals surface area contributed by atoms with Gasteiger partial charge in [0.25, 0.3) is 0 Å². The monoisotopic (exact) mass is 263 g/mol. The van der Waals surface area contributed by atoms with Crippen molar-refractivity contribution in [1.82, 2.24) is 9.55 Å². The van der Waals surface area contributed by atoms with Gasteiger partial charge in [0.2, 0.25) is 5.95 Å². The van der Waals surface area contributed by atoms with Crippen LogP contribution in [-0.2, 0) is 13.0 Å². The molecule has 0 spiro atoms. The number of hydrogen-bond donors (Lipinski definition) is 1. The molecule has 1 N–H and O–H groups in total. The van der Waals surface area contributed by atoms with Gasteiger partial charge in [0.15, 0.2) is 0 Å². The van der Waals surface area contributed by atoms with E-state index in [1.54, 1.807) is 11.3 Å². The van der Waals surface area contributed by atoms with E-state index in [9.17, 15) is 0 Å². The Bertz CT molecular complexity index is 473. The molecule has 0 aromatic carbocycles. The number of aryl methyl sites for hydroxylation is 2. The summed E-state index contributed by atoms with van der Waals surface area (Å²) in [5.74, 6) is 0.997. The fourth-order valence-electron chi connectivity index (χ4n) is 2.11. The molecule has 0 saturated carbocycles. The van der Waals surface area contributed by atoms with E-state index in [1.807, 2.05) is 6.92 Å². The van der Waals surface area contributed by atoms with Crippen molar-refractivity contribution in [3.8, 4) is 0 Å². The van der Waals surface area contributed by atoms with Crippen LogP contribution in [0.5, 0.6) is 0 Å². The molecule has 1 atom stereocenters. The van der Waals surface area contributed by atoms with Gasteiger partial charge in [-0.3, -0.25) is 0 Å². The van der Waals surface area contributed by atoms with Crippen LogP contribution < -0.4 is 5.32 Å². The first-order chi connectivity index (χ1) is 8.69. The normalized spacial score (nSPS) is 12.6. The van der Waals surface area contributed by atoms with E-state index >= 15 is 0 Å². The van der Waals surface area contributed by atoms with Gasteiger partial charge in [-0.1, -0.05) is 6.92 Å². The maximum Gasteiger partial charge on any atom is 0.203 e. The summed E-state index contributed by atoms with van der Waals surface area (Å²) in [7, 11) is 0. The second-order valence-electron chi connectivity index (χ2n) is 4.78. The number of aromatic nitrogens is 2. The minimum Gasteiger partial charge on any atom is -0.353 e. The van der Waals surface area contributed by atoms with E-state index < -0.39 is 0 Å². The van der Waals surface area contributed by atoms with Crippen molar-refractivity contribution >= 4 is 17.3 Å². The molecule has 0 aliphatic carbocycles. The van der Waals surface area contributed by atoms with E-state index in [4.69, 9.17) is 0 Å². The molecule has 0 fully saturated rings. The van der Waals surface area contributed by atoms with Crippen molar-refractivity contribution in [2.45, 2.75) is 46.2 Å². The van der Waals surface area contributed by atoms with E-state index in [0.717, 1.165) is 31.0 Å². The number of rotatable bonds is 6. The van der Waals surface area contributed by atoms with Crippen LogP contribution in [0.1, 0.15) is 31.5 Å². The van der Waals surface area contributed by atoms with Gasteiger partial charge in [-0.05, 0) is 49.1 Å². The number of hydrogen-bond acceptors (Lipinski definition) is 3. The van der Waals surface area contributed by atoms with Gasteiger partial charge in [0.1, 0.15) is 0 Å². The lowest BCUT2D eigenvalue weighted by Crippen LogP contribution is -2.20. The van der Waals surface area contributed by atoms with Crippen molar-refractivity contribution in [3.05, 3.63) is 34.3 Å². The van der Waals surface area contributed by atoms with Crippen LogP contribution in [0.15, 0.2) is 23.0 Å². The minimum absolute atomic E-state index is 0.400. The molecule has 0 saturated heterocycles. The number of imidazole rings is 1. The molecule has 2 aromatic heterocycles. The SMILES string of the molecule is CCCn1cc(C)nc1NC(C)Cc1ccsc1. The fourth-order valence-corrected chi connectivity index (χ4v) is 2.79. The molecule has 18 heavy (non-hydrogen) atoms. The first-order valence-electron chi connectivity index (χ1n) is 6.50. The molecule has 0 amide bonds. The Hall–Kier alpha value is -1.29. The Kier molecular flexibility index (Phi) is 4.42.